The molecule has 0 atom stereocenters. The molecular formula is C27H30ClN6NaO4S. The van der Waals surface area contributed by atoms with Crippen molar-refractivity contribution in [3.63, 3.8) is 0 Å². The number of hydrogen-bond donors (Lipinski definition) is 3. The number of carbonyl (C=O) groups is 2. The van der Waals surface area contributed by atoms with Crippen LogP contribution in [-0.4, -0.2) is 48.4 Å². The SMILES string of the molecule is CCc1nc2cc(C(N)=O)c(Cl)cc2n1-c1ccc(CCN(C)C(=O)NS(=O)(=O)c2ccc(CN)cc2)cc1.[H-].[Na+]. The van der Waals surface area contributed by atoms with E-state index < -0.39 is 22.0 Å². The summed E-state index contributed by atoms with van der Waals surface area (Å²) in [6, 6.07) is 16.3. The summed E-state index contributed by atoms with van der Waals surface area (Å²) in [4.78, 5) is 30.2. The fourth-order valence-electron chi connectivity index (χ4n) is 4.13. The van der Waals surface area contributed by atoms with Gasteiger partial charge in [-0.2, -0.15) is 0 Å². The van der Waals surface area contributed by atoms with Gasteiger partial charge in [-0.05, 0) is 53.9 Å². The second-order valence-electron chi connectivity index (χ2n) is 9.00. The zero-order chi connectivity index (χ0) is 28.3. The molecule has 0 saturated carbocycles. The van der Waals surface area contributed by atoms with Crippen molar-refractivity contribution in [1.82, 2.24) is 19.2 Å². The first-order chi connectivity index (χ1) is 18.5. The summed E-state index contributed by atoms with van der Waals surface area (Å²) in [6.07, 6.45) is 1.16. The van der Waals surface area contributed by atoms with Crippen molar-refractivity contribution in [3.05, 3.63) is 88.2 Å². The number of nitrogens with zero attached hydrogens (tertiary/aromatic N) is 3. The third kappa shape index (κ3) is 6.85. The van der Waals surface area contributed by atoms with Crippen molar-refractivity contribution < 1.29 is 49.0 Å². The number of rotatable bonds is 9. The molecule has 40 heavy (non-hydrogen) atoms. The van der Waals surface area contributed by atoms with Crippen LogP contribution in [0.25, 0.3) is 16.7 Å². The minimum absolute atomic E-state index is 0. The van der Waals surface area contributed by atoms with E-state index in [1.54, 1.807) is 24.3 Å². The minimum atomic E-state index is -4.00. The second kappa shape index (κ2) is 13.2. The molecule has 1 heterocycles. The van der Waals surface area contributed by atoms with E-state index in [4.69, 9.17) is 23.1 Å². The third-order valence-electron chi connectivity index (χ3n) is 6.36. The van der Waals surface area contributed by atoms with E-state index in [1.807, 2.05) is 35.8 Å². The minimum Gasteiger partial charge on any atom is -1.00 e. The van der Waals surface area contributed by atoms with Crippen LogP contribution in [0.1, 0.15) is 35.7 Å². The Bertz CT molecular complexity index is 1650. The van der Waals surface area contributed by atoms with Crippen LogP contribution < -0.4 is 45.7 Å². The Balaban J connectivity index is 0.00000294. The normalized spacial score (nSPS) is 11.2. The van der Waals surface area contributed by atoms with Crippen LogP contribution in [0.2, 0.25) is 5.02 Å². The van der Waals surface area contributed by atoms with Crippen molar-refractivity contribution in [2.45, 2.75) is 31.2 Å². The Hall–Kier alpha value is -2.93. The predicted molar refractivity (Wildman–Crippen MR) is 151 cm³/mol. The van der Waals surface area contributed by atoms with E-state index in [0.717, 1.165) is 28.2 Å². The van der Waals surface area contributed by atoms with Gasteiger partial charge in [0.05, 0.1) is 26.5 Å². The number of urea groups is 1. The van der Waals surface area contributed by atoms with E-state index in [9.17, 15) is 18.0 Å². The number of nitrogens with one attached hydrogen (secondary N) is 1. The van der Waals surface area contributed by atoms with E-state index >= 15 is 0 Å². The Labute approximate surface area is 261 Å². The molecule has 206 valence electrons. The number of hydrogen-bond acceptors (Lipinski definition) is 6. The van der Waals surface area contributed by atoms with E-state index in [1.165, 1.54) is 24.1 Å². The monoisotopic (exact) mass is 592 g/mol. The van der Waals surface area contributed by atoms with Crippen LogP contribution in [-0.2, 0) is 29.4 Å². The van der Waals surface area contributed by atoms with Gasteiger partial charge in [0.1, 0.15) is 5.82 Å². The first-order valence-electron chi connectivity index (χ1n) is 12.2. The number of likely N-dealkylation sites (N-methyl/N-ethyl adjacent to an activating group) is 1. The number of imidazole rings is 1. The number of nitrogens with two attached hydrogens (primary N) is 2. The van der Waals surface area contributed by atoms with Crippen molar-refractivity contribution in [2.24, 2.45) is 11.5 Å². The van der Waals surface area contributed by atoms with Gasteiger partial charge in [0.25, 0.3) is 10.0 Å². The molecule has 0 fully saturated rings. The van der Waals surface area contributed by atoms with Gasteiger partial charge in [-0.15, -0.1) is 0 Å². The van der Waals surface area contributed by atoms with Gasteiger partial charge in [0, 0.05) is 32.2 Å². The Morgan fingerprint density at radius 1 is 1.07 bits per heavy atom. The van der Waals surface area contributed by atoms with Crippen LogP contribution in [0.3, 0.4) is 0 Å². The third-order valence-corrected chi connectivity index (χ3v) is 8.01. The van der Waals surface area contributed by atoms with Crippen molar-refractivity contribution in [1.29, 1.82) is 0 Å². The summed E-state index contributed by atoms with van der Waals surface area (Å²) in [5, 5.41) is 0.256. The first-order valence-corrected chi connectivity index (χ1v) is 14.1. The van der Waals surface area contributed by atoms with Gasteiger partial charge in [0.15, 0.2) is 0 Å². The van der Waals surface area contributed by atoms with Crippen LogP contribution in [0, 0.1) is 0 Å². The Kier molecular flexibility index (Phi) is 10.4. The van der Waals surface area contributed by atoms with Crippen LogP contribution in [0.15, 0.2) is 65.6 Å². The molecule has 0 aliphatic heterocycles. The van der Waals surface area contributed by atoms with Crippen molar-refractivity contribution in [2.75, 3.05) is 13.6 Å². The molecule has 3 amide bonds. The number of fused-ring (bicyclic) bond motifs is 1. The predicted octanol–water partition coefficient (Wildman–Crippen LogP) is 0.488. The van der Waals surface area contributed by atoms with Crippen LogP contribution in [0.4, 0.5) is 4.79 Å². The molecule has 0 saturated heterocycles. The zero-order valence-corrected chi connectivity index (χ0v) is 26.1. The number of aromatic nitrogens is 2. The smallest absolute Gasteiger partial charge is 1.00 e. The zero-order valence-electron chi connectivity index (χ0n) is 23.5. The van der Waals surface area contributed by atoms with Gasteiger partial charge >= 0.3 is 35.6 Å². The maximum atomic E-state index is 12.6. The van der Waals surface area contributed by atoms with Crippen molar-refractivity contribution in [3.8, 4) is 5.69 Å². The molecule has 4 rings (SSSR count). The van der Waals surface area contributed by atoms with Crippen LogP contribution >= 0.6 is 11.6 Å². The number of halogens is 1. The van der Waals surface area contributed by atoms with E-state index in [0.29, 0.717) is 31.4 Å². The average molecular weight is 593 g/mol. The maximum Gasteiger partial charge on any atom is 1.00 e. The van der Waals surface area contributed by atoms with E-state index in [-0.39, 0.29) is 46.5 Å². The fraction of sp³-hybridized carbons (Fsp3) is 0.222. The standard InChI is InChI=1S/C27H29ClN6O4S.Na.H/c1-3-25-31-23-14-21(26(30)35)22(28)15-24(23)34(25)19-8-4-17(5-9-19)12-13-33(2)27(36)32-39(37,38)20-10-6-18(16-29)7-11-20;;/h4-11,14-15H,3,12-13,16,29H2,1-2H3,(H2,30,35)(H,32,36);;/q;+1;-1. The first kappa shape index (κ1) is 31.6. The van der Waals surface area contributed by atoms with E-state index in [2.05, 4.69) is 9.71 Å². The summed E-state index contributed by atoms with van der Waals surface area (Å²) in [7, 11) is -2.47. The molecule has 0 spiro atoms. The maximum absolute atomic E-state index is 12.6. The number of carbonyl (C=O) groups excluding carboxylic acids is 2. The molecule has 0 aliphatic rings. The van der Waals surface area contributed by atoms with Gasteiger partial charge < -0.3 is 17.8 Å². The van der Waals surface area contributed by atoms with Gasteiger partial charge in [0.2, 0.25) is 5.91 Å². The number of benzene rings is 3. The quantitative estimate of drug-likeness (QED) is 0.240. The molecule has 0 radical (unpaired) electrons. The molecule has 13 heteroatoms. The summed E-state index contributed by atoms with van der Waals surface area (Å²) in [5.41, 5.74) is 15.2. The number of primary amides is 1. The van der Waals surface area contributed by atoms with Gasteiger partial charge in [-0.3, -0.25) is 9.36 Å². The molecule has 3 aromatic carbocycles. The van der Waals surface area contributed by atoms with Crippen LogP contribution in [0.5, 0.6) is 0 Å². The summed E-state index contributed by atoms with van der Waals surface area (Å²) in [6.45, 7) is 2.58. The molecule has 0 unspecified atom stereocenters. The fourth-order valence-corrected chi connectivity index (χ4v) is 5.38. The largest absolute Gasteiger partial charge is 1.00 e. The molecule has 4 aromatic rings. The van der Waals surface area contributed by atoms with Gasteiger partial charge in [-0.25, -0.2) is 22.9 Å². The topological polar surface area (TPSA) is 153 Å². The second-order valence-corrected chi connectivity index (χ2v) is 11.1. The molecule has 0 bridgehead atoms. The Morgan fingerprint density at radius 2 is 1.70 bits per heavy atom. The number of sulfonamides is 1. The number of amides is 3. The molecule has 1 aromatic heterocycles. The molecular weight excluding hydrogens is 563 g/mol. The van der Waals surface area contributed by atoms with Crippen molar-refractivity contribution >= 4 is 44.6 Å². The summed E-state index contributed by atoms with van der Waals surface area (Å²) >= 11 is 6.30. The molecule has 5 N–H and O–H groups in total. The summed E-state index contributed by atoms with van der Waals surface area (Å²) in [5.74, 6) is 0.182. The molecule has 10 nitrogen and oxygen atoms in total. The Morgan fingerprint density at radius 3 is 2.27 bits per heavy atom. The molecule has 0 aliphatic carbocycles. The van der Waals surface area contributed by atoms with Gasteiger partial charge in [-0.1, -0.05) is 42.8 Å². The summed E-state index contributed by atoms with van der Waals surface area (Å²) < 4.78 is 29.2. The number of aryl methyl sites for hydroxylation is 1. The average Bonchev–Trinajstić information content (AvgIpc) is 3.28.